The third kappa shape index (κ3) is 2.63. The lowest BCUT2D eigenvalue weighted by atomic mass is 9.97. The molecule has 0 aromatic rings. The molecule has 1 saturated heterocycles. The summed E-state index contributed by atoms with van der Waals surface area (Å²) in [7, 11) is -0.563. The van der Waals surface area contributed by atoms with Crippen LogP contribution in [0.4, 0.5) is 0 Å². The maximum Gasteiger partial charge on any atom is 0.0978 e. The summed E-state index contributed by atoms with van der Waals surface area (Å²) >= 11 is 0. The van der Waals surface area contributed by atoms with Crippen LogP contribution in [0, 0.1) is 5.92 Å². The van der Waals surface area contributed by atoms with Crippen LogP contribution < -0.4 is 0 Å². The average Bonchev–Trinajstić information content (AvgIpc) is 2.06. The molecule has 1 heterocycles. The zero-order valence-electron chi connectivity index (χ0n) is 7.49. The fourth-order valence-corrected chi connectivity index (χ4v) is 2.88. The first-order chi connectivity index (χ1) is 5.74. The molecule has 0 aromatic heterocycles. The van der Waals surface area contributed by atoms with E-state index in [9.17, 15) is 4.21 Å². The fourth-order valence-electron chi connectivity index (χ4n) is 1.54. The van der Waals surface area contributed by atoms with Gasteiger partial charge in [-0.3, -0.25) is 4.21 Å². The van der Waals surface area contributed by atoms with Gasteiger partial charge >= 0.3 is 0 Å². The lowest BCUT2D eigenvalue weighted by molar-refractivity contribution is 0.0976. The van der Waals surface area contributed by atoms with Gasteiger partial charge in [-0.15, -0.1) is 0 Å². The van der Waals surface area contributed by atoms with Gasteiger partial charge in [0.15, 0.2) is 0 Å². The van der Waals surface area contributed by atoms with Crippen LogP contribution in [0.2, 0.25) is 0 Å². The lowest BCUT2D eigenvalue weighted by Crippen LogP contribution is -2.27. The highest BCUT2D eigenvalue weighted by Crippen LogP contribution is 2.22. The minimum atomic E-state index is -0.563. The Morgan fingerprint density at radius 2 is 2.17 bits per heavy atom. The highest BCUT2D eigenvalue weighted by Gasteiger charge is 2.23. The van der Waals surface area contributed by atoms with Crippen LogP contribution in [-0.4, -0.2) is 21.8 Å². The first kappa shape index (κ1) is 9.78. The van der Waals surface area contributed by atoms with E-state index >= 15 is 0 Å². The molecule has 1 atom stereocenters. The molecule has 1 fully saturated rings. The molecule has 1 aliphatic heterocycles. The highest BCUT2D eigenvalue weighted by atomic mass is 32.2. The summed E-state index contributed by atoms with van der Waals surface area (Å²) in [6, 6.07) is 0. The van der Waals surface area contributed by atoms with Crippen molar-refractivity contribution in [3.63, 3.8) is 0 Å². The normalized spacial score (nSPS) is 32.4. The van der Waals surface area contributed by atoms with E-state index in [4.69, 9.17) is 4.74 Å². The Morgan fingerprint density at radius 3 is 2.67 bits per heavy atom. The molecule has 0 amide bonds. The van der Waals surface area contributed by atoms with Gasteiger partial charge in [0.2, 0.25) is 0 Å². The van der Waals surface area contributed by atoms with E-state index in [1.807, 2.05) is 0 Å². The number of rotatable bonds is 3. The van der Waals surface area contributed by atoms with E-state index in [-0.39, 0.29) is 6.10 Å². The number of hydrogen-bond acceptors (Lipinski definition) is 2. The zero-order valence-corrected chi connectivity index (χ0v) is 8.31. The van der Waals surface area contributed by atoms with E-state index in [1.165, 1.54) is 6.26 Å². The first-order valence-electron chi connectivity index (χ1n) is 4.35. The molecule has 0 spiro atoms. The van der Waals surface area contributed by atoms with Crippen molar-refractivity contribution in [1.82, 2.24) is 0 Å². The van der Waals surface area contributed by atoms with Crippen LogP contribution in [-0.2, 0) is 15.5 Å². The molecule has 12 heavy (non-hydrogen) atoms. The van der Waals surface area contributed by atoms with Crippen molar-refractivity contribution in [2.45, 2.75) is 25.9 Å². The standard InChI is InChI=1S/C9H16O2S/c1-3-11-8(2)9-4-6-12(10)7-5-9/h3,8-9H,1,4-7H2,2H3. The van der Waals surface area contributed by atoms with Crippen LogP contribution in [0.25, 0.3) is 0 Å². The van der Waals surface area contributed by atoms with Crippen molar-refractivity contribution < 1.29 is 8.95 Å². The Morgan fingerprint density at radius 1 is 1.58 bits per heavy atom. The summed E-state index contributed by atoms with van der Waals surface area (Å²) in [6.07, 6.45) is 3.79. The minimum absolute atomic E-state index is 0.236. The maximum absolute atomic E-state index is 11.0. The van der Waals surface area contributed by atoms with E-state index in [1.54, 1.807) is 0 Å². The van der Waals surface area contributed by atoms with Gasteiger partial charge in [0, 0.05) is 22.3 Å². The predicted octanol–water partition coefficient (Wildman–Crippen LogP) is 1.69. The lowest BCUT2D eigenvalue weighted by Gasteiger charge is -2.26. The highest BCUT2D eigenvalue weighted by molar-refractivity contribution is 7.85. The van der Waals surface area contributed by atoms with Crippen LogP contribution >= 0.6 is 0 Å². The Bertz CT molecular complexity index is 169. The third-order valence-corrected chi connectivity index (χ3v) is 3.79. The van der Waals surface area contributed by atoms with Crippen LogP contribution in [0.1, 0.15) is 19.8 Å². The summed E-state index contributed by atoms with van der Waals surface area (Å²) in [5, 5.41) is 0. The first-order valence-corrected chi connectivity index (χ1v) is 5.84. The van der Waals surface area contributed by atoms with Gasteiger partial charge in [-0.25, -0.2) is 0 Å². The van der Waals surface area contributed by atoms with Crippen molar-refractivity contribution in [2.75, 3.05) is 11.5 Å². The van der Waals surface area contributed by atoms with Crippen molar-refractivity contribution in [3.05, 3.63) is 12.8 Å². The van der Waals surface area contributed by atoms with Crippen LogP contribution in [0.5, 0.6) is 0 Å². The van der Waals surface area contributed by atoms with E-state index in [2.05, 4.69) is 13.5 Å². The van der Waals surface area contributed by atoms with E-state index in [0.29, 0.717) is 5.92 Å². The van der Waals surface area contributed by atoms with Crippen molar-refractivity contribution >= 4 is 10.8 Å². The summed E-state index contributed by atoms with van der Waals surface area (Å²) < 4.78 is 16.3. The second kappa shape index (κ2) is 4.65. The number of hydrogen-bond donors (Lipinski definition) is 0. The monoisotopic (exact) mass is 188 g/mol. The van der Waals surface area contributed by atoms with Crippen LogP contribution in [0.3, 0.4) is 0 Å². The Balaban J connectivity index is 2.33. The van der Waals surface area contributed by atoms with Gasteiger partial charge in [0.25, 0.3) is 0 Å². The minimum Gasteiger partial charge on any atom is -0.499 e. The quantitative estimate of drug-likeness (QED) is 0.630. The van der Waals surface area contributed by atoms with Gasteiger partial charge in [0.1, 0.15) is 0 Å². The Labute approximate surface area is 76.5 Å². The molecule has 0 N–H and O–H groups in total. The maximum atomic E-state index is 11.0. The SMILES string of the molecule is C=COC(C)C1CCS(=O)CC1. The Kier molecular flexibility index (Phi) is 3.79. The molecule has 0 radical (unpaired) electrons. The summed E-state index contributed by atoms with van der Waals surface area (Å²) in [5.41, 5.74) is 0. The van der Waals surface area contributed by atoms with E-state index in [0.717, 1.165) is 24.3 Å². The molecule has 0 bridgehead atoms. The Hall–Kier alpha value is -0.310. The molecular formula is C9H16O2S. The number of ether oxygens (including phenoxy) is 1. The smallest absolute Gasteiger partial charge is 0.0978 e. The molecule has 1 rings (SSSR count). The predicted molar refractivity (Wildman–Crippen MR) is 51.3 cm³/mol. The average molecular weight is 188 g/mol. The topological polar surface area (TPSA) is 26.3 Å². The van der Waals surface area contributed by atoms with Gasteiger partial charge < -0.3 is 4.74 Å². The largest absolute Gasteiger partial charge is 0.499 e. The summed E-state index contributed by atoms with van der Waals surface area (Å²) in [5.74, 6) is 2.26. The van der Waals surface area contributed by atoms with Gasteiger partial charge in [-0.1, -0.05) is 6.58 Å². The molecule has 0 saturated carbocycles. The zero-order chi connectivity index (χ0) is 8.97. The van der Waals surface area contributed by atoms with Crippen molar-refractivity contribution in [2.24, 2.45) is 5.92 Å². The third-order valence-electron chi connectivity index (χ3n) is 2.41. The molecule has 70 valence electrons. The molecular weight excluding hydrogens is 172 g/mol. The summed E-state index contributed by atoms with van der Waals surface area (Å²) in [6.45, 7) is 5.58. The molecule has 1 aliphatic rings. The van der Waals surface area contributed by atoms with Crippen molar-refractivity contribution in [1.29, 1.82) is 0 Å². The molecule has 0 aromatic carbocycles. The van der Waals surface area contributed by atoms with Gasteiger partial charge in [-0.05, 0) is 25.7 Å². The fraction of sp³-hybridized carbons (Fsp3) is 0.778. The second-order valence-electron chi connectivity index (χ2n) is 3.19. The summed E-state index contributed by atoms with van der Waals surface area (Å²) in [4.78, 5) is 0. The van der Waals surface area contributed by atoms with Gasteiger partial charge in [-0.2, -0.15) is 0 Å². The van der Waals surface area contributed by atoms with E-state index < -0.39 is 10.8 Å². The van der Waals surface area contributed by atoms with Gasteiger partial charge in [0.05, 0.1) is 12.4 Å². The second-order valence-corrected chi connectivity index (χ2v) is 4.89. The molecule has 1 unspecified atom stereocenters. The molecule has 2 nitrogen and oxygen atoms in total. The molecule has 0 aliphatic carbocycles. The van der Waals surface area contributed by atoms with Crippen LogP contribution in [0.15, 0.2) is 12.8 Å². The molecule has 3 heteroatoms. The van der Waals surface area contributed by atoms with Crippen molar-refractivity contribution in [3.8, 4) is 0 Å².